The summed E-state index contributed by atoms with van der Waals surface area (Å²) in [7, 11) is -4.71. The first kappa shape index (κ1) is 22.0. The van der Waals surface area contributed by atoms with E-state index in [0.717, 1.165) is 17.7 Å². The van der Waals surface area contributed by atoms with Crippen molar-refractivity contribution in [1.82, 2.24) is 4.98 Å². The molecular formula is C21H13ClF3NO5S. The topological polar surface area (TPSA) is 78.6 Å². The maximum absolute atomic E-state index is 12.9. The highest BCUT2D eigenvalue weighted by molar-refractivity contribution is 7.87. The highest BCUT2D eigenvalue weighted by atomic mass is 35.5. The van der Waals surface area contributed by atoms with Gasteiger partial charge in [0, 0.05) is 5.02 Å². The van der Waals surface area contributed by atoms with Crippen LogP contribution in [0.1, 0.15) is 5.56 Å². The van der Waals surface area contributed by atoms with Gasteiger partial charge in [0.05, 0.1) is 5.56 Å². The third-order valence-electron chi connectivity index (χ3n) is 4.26. The molecular weight excluding hydrogens is 471 g/mol. The standard InChI is InChI=1S/C21H13ClF3NO5S/c1-12-6-8-16(14(10-12)20-26-15-11-13(22)7-9-17(15)29-20)31-32(27,28)19-5-3-2-4-18(19)30-21(23,24)25/h2-11H,1H3. The van der Waals surface area contributed by atoms with Gasteiger partial charge in [-0.05, 0) is 49.4 Å². The number of aromatic nitrogens is 1. The van der Waals surface area contributed by atoms with Gasteiger partial charge in [-0.25, -0.2) is 4.98 Å². The number of rotatable bonds is 5. The second kappa shape index (κ2) is 8.03. The lowest BCUT2D eigenvalue weighted by molar-refractivity contribution is -0.275. The van der Waals surface area contributed by atoms with Crippen molar-refractivity contribution < 1.29 is 34.9 Å². The number of fused-ring (bicyclic) bond motifs is 1. The van der Waals surface area contributed by atoms with Crippen LogP contribution in [0, 0.1) is 6.92 Å². The minimum absolute atomic E-state index is 0.0518. The molecule has 1 heterocycles. The van der Waals surface area contributed by atoms with E-state index in [-0.39, 0.29) is 17.2 Å². The highest BCUT2D eigenvalue weighted by Crippen LogP contribution is 2.37. The second-order valence-corrected chi connectivity index (χ2v) is 8.61. The number of hydrogen-bond acceptors (Lipinski definition) is 6. The van der Waals surface area contributed by atoms with E-state index in [1.807, 2.05) is 0 Å². The van der Waals surface area contributed by atoms with Crippen molar-refractivity contribution in [1.29, 1.82) is 0 Å². The first-order chi connectivity index (χ1) is 15.0. The molecule has 0 aliphatic carbocycles. The van der Waals surface area contributed by atoms with Gasteiger partial charge >= 0.3 is 16.5 Å². The van der Waals surface area contributed by atoms with Gasteiger partial charge in [-0.2, -0.15) is 8.42 Å². The maximum Gasteiger partial charge on any atom is 0.573 e. The number of alkyl halides is 3. The SMILES string of the molecule is Cc1ccc(OS(=O)(=O)c2ccccc2OC(F)(F)F)c(-c2nc3cc(Cl)ccc3o2)c1. The van der Waals surface area contributed by atoms with Gasteiger partial charge in [0.25, 0.3) is 0 Å². The number of nitrogens with zero attached hydrogens (tertiary/aromatic N) is 1. The molecule has 0 radical (unpaired) electrons. The van der Waals surface area contributed by atoms with E-state index in [9.17, 15) is 21.6 Å². The molecule has 0 unspecified atom stereocenters. The molecule has 166 valence electrons. The molecule has 0 aliphatic heterocycles. The van der Waals surface area contributed by atoms with Crippen molar-refractivity contribution in [2.75, 3.05) is 0 Å². The molecule has 6 nitrogen and oxygen atoms in total. The Kier molecular flexibility index (Phi) is 5.51. The molecule has 0 fully saturated rings. The summed E-state index contributed by atoms with van der Waals surface area (Å²) in [4.78, 5) is 3.53. The molecule has 0 saturated heterocycles. The summed E-state index contributed by atoms with van der Waals surface area (Å²) < 4.78 is 78.6. The largest absolute Gasteiger partial charge is 0.573 e. The van der Waals surface area contributed by atoms with Crippen molar-refractivity contribution in [2.24, 2.45) is 0 Å². The van der Waals surface area contributed by atoms with E-state index in [2.05, 4.69) is 9.72 Å². The minimum Gasteiger partial charge on any atom is -0.436 e. The molecule has 0 atom stereocenters. The molecule has 0 saturated carbocycles. The summed E-state index contributed by atoms with van der Waals surface area (Å²) in [6.07, 6.45) is -5.08. The highest BCUT2D eigenvalue weighted by Gasteiger charge is 2.34. The summed E-state index contributed by atoms with van der Waals surface area (Å²) in [6, 6.07) is 13.6. The lowest BCUT2D eigenvalue weighted by Crippen LogP contribution is -2.20. The molecule has 32 heavy (non-hydrogen) atoms. The Balaban J connectivity index is 1.77. The Morgan fingerprint density at radius 1 is 1.00 bits per heavy atom. The fraction of sp³-hybridized carbons (Fsp3) is 0.0952. The number of aryl methyl sites for hydroxylation is 1. The lowest BCUT2D eigenvalue weighted by Gasteiger charge is -2.14. The minimum atomic E-state index is -5.08. The van der Waals surface area contributed by atoms with Gasteiger partial charge in [0.1, 0.15) is 10.4 Å². The lowest BCUT2D eigenvalue weighted by atomic mass is 10.1. The van der Waals surface area contributed by atoms with Gasteiger partial charge in [-0.1, -0.05) is 35.4 Å². The molecule has 3 aromatic carbocycles. The number of para-hydroxylation sites is 1. The zero-order valence-electron chi connectivity index (χ0n) is 16.2. The molecule has 0 N–H and O–H groups in total. The molecule has 1 aromatic heterocycles. The Morgan fingerprint density at radius 3 is 2.50 bits per heavy atom. The summed E-state index contributed by atoms with van der Waals surface area (Å²) in [5.41, 5.74) is 1.77. The first-order valence-electron chi connectivity index (χ1n) is 8.98. The van der Waals surface area contributed by atoms with E-state index in [1.165, 1.54) is 18.2 Å². The van der Waals surface area contributed by atoms with Crippen LogP contribution in [-0.4, -0.2) is 19.8 Å². The van der Waals surface area contributed by atoms with Crippen LogP contribution >= 0.6 is 11.6 Å². The number of halogens is 4. The van der Waals surface area contributed by atoms with Gasteiger partial charge < -0.3 is 13.3 Å². The fourth-order valence-corrected chi connectivity index (χ4v) is 4.17. The van der Waals surface area contributed by atoms with Crippen LogP contribution in [0.15, 0.2) is 70.0 Å². The summed E-state index contributed by atoms with van der Waals surface area (Å²) in [5.74, 6) is -1.05. The monoisotopic (exact) mass is 483 g/mol. The second-order valence-electron chi connectivity index (χ2n) is 6.66. The van der Waals surface area contributed by atoms with E-state index in [0.29, 0.717) is 16.1 Å². The summed E-state index contributed by atoms with van der Waals surface area (Å²) in [5, 5.41) is 0.432. The van der Waals surface area contributed by atoms with Gasteiger partial charge in [-0.3, -0.25) is 0 Å². The smallest absolute Gasteiger partial charge is 0.436 e. The maximum atomic E-state index is 12.9. The van der Waals surface area contributed by atoms with Crippen LogP contribution in [0.25, 0.3) is 22.6 Å². The fourth-order valence-electron chi connectivity index (χ4n) is 2.93. The van der Waals surface area contributed by atoms with E-state index in [4.69, 9.17) is 20.2 Å². The Morgan fingerprint density at radius 2 is 1.75 bits per heavy atom. The van der Waals surface area contributed by atoms with Crippen LogP contribution in [0.2, 0.25) is 5.02 Å². The molecule has 4 aromatic rings. The van der Waals surface area contributed by atoms with E-state index in [1.54, 1.807) is 37.3 Å². The third-order valence-corrected chi connectivity index (χ3v) is 5.77. The molecule has 0 amide bonds. The average Bonchev–Trinajstić information content (AvgIpc) is 3.11. The first-order valence-corrected chi connectivity index (χ1v) is 10.8. The quantitative estimate of drug-likeness (QED) is 0.318. The van der Waals surface area contributed by atoms with Crippen molar-refractivity contribution in [3.05, 3.63) is 71.2 Å². The Labute approximate surface area is 185 Å². The molecule has 0 aliphatic rings. The molecule has 4 rings (SSSR count). The van der Waals surface area contributed by atoms with Crippen LogP contribution in [0.4, 0.5) is 13.2 Å². The van der Waals surface area contributed by atoms with Crippen LogP contribution in [-0.2, 0) is 10.1 Å². The number of benzene rings is 3. The zero-order valence-corrected chi connectivity index (χ0v) is 17.8. The summed E-state index contributed by atoms with van der Waals surface area (Å²) >= 11 is 5.97. The zero-order chi connectivity index (χ0) is 23.1. The van der Waals surface area contributed by atoms with Crippen LogP contribution in [0.5, 0.6) is 11.5 Å². The Hall–Kier alpha value is -3.24. The van der Waals surface area contributed by atoms with Crippen molar-refractivity contribution in [2.45, 2.75) is 18.2 Å². The number of ether oxygens (including phenoxy) is 1. The van der Waals surface area contributed by atoms with E-state index >= 15 is 0 Å². The van der Waals surface area contributed by atoms with Crippen LogP contribution < -0.4 is 8.92 Å². The predicted octanol–water partition coefficient (Wildman–Crippen LogP) is 6.12. The molecule has 0 bridgehead atoms. The van der Waals surface area contributed by atoms with Crippen molar-refractivity contribution in [3.63, 3.8) is 0 Å². The van der Waals surface area contributed by atoms with Gasteiger partial charge in [0.2, 0.25) is 5.89 Å². The molecule has 0 spiro atoms. The molecule has 11 heteroatoms. The van der Waals surface area contributed by atoms with Crippen molar-refractivity contribution in [3.8, 4) is 23.0 Å². The summed E-state index contributed by atoms with van der Waals surface area (Å²) in [6.45, 7) is 1.76. The predicted molar refractivity (Wildman–Crippen MR) is 110 cm³/mol. The number of hydrogen-bond donors (Lipinski definition) is 0. The average molecular weight is 484 g/mol. The van der Waals surface area contributed by atoms with Gasteiger partial charge in [0.15, 0.2) is 17.1 Å². The Bertz CT molecular complexity index is 1420. The number of oxazole rings is 1. The van der Waals surface area contributed by atoms with Gasteiger partial charge in [-0.15, -0.1) is 13.2 Å². The van der Waals surface area contributed by atoms with E-state index < -0.39 is 27.1 Å². The van der Waals surface area contributed by atoms with Crippen molar-refractivity contribution >= 4 is 32.8 Å². The van der Waals surface area contributed by atoms with Crippen LogP contribution in [0.3, 0.4) is 0 Å². The normalized spacial score (nSPS) is 12.2. The third kappa shape index (κ3) is 4.66.